The Labute approximate surface area is 279 Å². The third kappa shape index (κ3) is 448. The molecule has 1 heteroatoms. The van der Waals surface area contributed by atoms with Gasteiger partial charge in [0.15, 0.2) is 0 Å². The number of hydrogen-bond acceptors (Lipinski definition) is 0. The molecule has 253 valence electrons. The molecule has 0 aliphatic heterocycles. The van der Waals surface area contributed by atoms with Crippen LogP contribution in [0.25, 0.3) is 0 Å². The molecule has 0 aliphatic carbocycles. The van der Waals surface area contributed by atoms with Crippen LogP contribution in [0.2, 0.25) is 0 Å². The molecular weight excluding hydrogens is 521 g/mol. The number of unbranched alkanes of at least 4 members (excludes halogenated alkanes) is 9. The van der Waals surface area contributed by atoms with Crippen LogP contribution in [0.15, 0.2) is 0 Å². The summed E-state index contributed by atoms with van der Waals surface area (Å²) in [6.45, 7) is 24.6. The van der Waals surface area contributed by atoms with Crippen molar-refractivity contribution in [3.63, 3.8) is 0 Å². The molecule has 0 rings (SSSR count). The summed E-state index contributed by atoms with van der Waals surface area (Å²) in [6, 6.07) is 0. The van der Waals surface area contributed by atoms with Crippen LogP contribution in [0.5, 0.6) is 0 Å². The van der Waals surface area contributed by atoms with Gasteiger partial charge in [0.05, 0.1) is 0 Å². The molecule has 0 unspecified atom stereocenters. The molecule has 37 heavy (non-hydrogen) atoms. The Kier molecular flexibility index (Phi) is 744. The van der Waals surface area contributed by atoms with Gasteiger partial charge in [0.25, 0.3) is 0 Å². The first-order valence-electron chi connectivity index (χ1n) is 11.2. The van der Waals surface area contributed by atoms with Crippen LogP contribution in [0.4, 0.5) is 0 Å². The summed E-state index contributed by atoms with van der Waals surface area (Å²) >= 11 is 0. The molecule has 0 aromatic carbocycles. The number of rotatable bonds is 9. The molecule has 0 bridgehead atoms. The topological polar surface area (TPSA) is 0 Å². The van der Waals surface area contributed by atoms with Gasteiger partial charge in [-0.2, -0.15) is 12.8 Å². The van der Waals surface area contributed by atoms with Crippen molar-refractivity contribution in [2.24, 2.45) is 0 Å². The van der Waals surface area contributed by atoms with Crippen LogP contribution in [-0.4, -0.2) is 0 Å². The average molecular weight is 626 g/mol. The van der Waals surface area contributed by atoms with Crippen LogP contribution in [0.3, 0.4) is 0 Å². The Balaban J connectivity index is -0.00000000714. The first kappa shape index (κ1) is 130. The second kappa shape index (κ2) is 212. The molecule has 0 aliphatic rings. The Morgan fingerprint density at radius 3 is 0.486 bits per heavy atom. The molecule has 0 atom stereocenters. The Morgan fingerprint density at radius 2 is 0.432 bits per heavy atom. The quantitative estimate of drug-likeness (QED) is 0.177. The first-order valence-corrected chi connectivity index (χ1v) is 11.2. The SMILES string of the molecule is C.C.C.C.C.C.C.C.C.C.C.C.CCC.CCCCCC.CCCCCC.[CH2-]CC.[CH2-]CCCCC.[Y]. The largest absolute Gasteiger partial charge is 0.344 e. The smallest absolute Gasteiger partial charge is 0 e. The van der Waals surface area contributed by atoms with E-state index in [1.54, 1.807) is 0 Å². The van der Waals surface area contributed by atoms with Gasteiger partial charge in [-0.15, -0.1) is 0 Å². The van der Waals surface area contributed by atoms with E-state index in [0.29, 0.717) is 0 Å². The molecule has 0 fully saturated rings. The second-order valence-electron chi connectivity index (χ2n) is 6.18. The van der Waals surface area contributed by atoms with Crippen molar-refractivity contribution in [1.29, 1.82) is 0 Å². The average Bonchev–Trinajstić information content (AvgIpc) is 2.59. The van der Waals surface area contributed by atoms with E-state index in [4.69, 9.17) is 0 Å². The summed E-state index contributed by atoms with van der Waals surface area (Å²) in [5.41, 5.74) is 0. The molecule has 0 aromatic rings. The number of hydrogen-bond donors (Lipinski definition) is 0. The van der Waals surface area contributed by atoms with Crippen molar-refractivity contribution < 1.29 is 32.7 Å². The van der Waals surface area contributed by atoms with Gasteiger partial charge in [0.1, 0.15) is 0 Å². The predicted octanol–water partition coefficient (Wildman–Crippen LogP) is 17.9. The maximum Gasteiger partial charge on any atom is 0 e. The summed E-state index contributed by atoms with van der Waals surface area (Å²) in [7, 11) is 0. The molecule has 0 nitrogen and oxygen atoms in total. The van der Waals surface area contributed by atoms with E-state index in [1.165, 1.54) is 77.0 Å². The minimum atomic E-state index is 0. The van der Waals surface area contributed by atoms with Gasteiger partial charge in [0.2, 0.25) is 0 Å². The van der Waals surface area contributed by atoms with E-state index >= 15 is 0 Å². The van der Waals surface area contributed by atoms with Gasteiger partial charge >= 0.3 is 0 Å². The second-order valence-corrected chi connectivity index (χ2v) is 6.18. The van der Waals surface area contributed by atoms with Crippen LogP contribution in [0.1, 0.15) is 234 Å². The maximum absolute atomic E-state index is 3.72. The molecule has 0 spiro atoms. The normalized spacial score (nSPS) is 5.35. The summed E-state index contributed by atoms with van der Waals surface area (Å²) in [4.78, 5) is 0. The molecule has 0 N–H and O–H groups in total. The van der Waals surface area contributed by atoms with Gasteiger partial charge in [-0.25, -0.2) is 0 Å². The predicted molar refractivity (Wildman–Crippen MR) is 202 cm³/mol. The molecule has 0 saturated heterocycles. The zero-order valence-electron chi connectivity index (χ0n) is 19.9. The van der Waals surface area contributed by atoms with Gasteiger partial charge in [0, 0.05) is 32.7 Å². The molecular formula is C36H104Y-2. The first-order chi connectivity index (χ1) is 11.6. The van der Waals surface area contributed by atoms with Crippen LogP contribution in [0, 0.1) is 13.8 Å². The van der Waals surface area contributed by atoms with E-state index in [-0.39, 0.29) is 122 Å². The third-order valence-corrected chi connectivity index (χ3v) is 2.77. The van der Waals surface area contributed by atoms with Gasteiger partial charge in [-0.1, -0.05) is 222 Å². The fraction of sp³-hybridized carbons (Fsp3) is 0.944. The van der Waals surface area contributed by atoms with Gasteiger partial charge in [-0.3, -0.25) is 0 Å². The fourth-order valence-corrected chi connectivity index (χ4v) is 1.43. The Hall–Kier alpha value is 1.10. The molecule has 0 aromatic heterocycles. The van der Waals surface area contributed by atoms with Crippen molar-refractivity contribution >= 4 is 0 Å². The minimum absolute atomic E-state index is 0. The van der Waals surface area contributed by atoms with E-state index in [0.717, 1.165) is 12.8 Å². The van der Waals surface area contributed by atoms with E-state index in [9.17, 15) is 0 Å². The van der Waals surface area contributed by atoms with Gasteiger partial charge < -0.3 is 13.8 Å². The van der Waals surface area contributed by atoms with E-state index < -0.39 is 0 Å². The van der Waals surface area contributed by atoms with E-state index in [2.05, 4.69) is 62.3 Å². The van der Waals surface area contributed by atoms with Crippen molar-refractivity contribution in [2.45, 2.75) is 234 Å². The van der Waals surface area contributed by atoms with Crippen molar-refractivity contribution in [1.82, 2.24) is 0 Å². The van der Waals surface area contributed by atoms with Gasteiger partial charge in [-0.05, 0) is 0 Å². The summed E-state index contributed by atoms with van der Waals surface area (Å²) in [5, 5.41) is 0. The monoisotopic (exact) mass is 626 g/mol. The Bertz CT molecular complexity index is 80.2. The molecule has 1 radical (unpaired) electrons. The van der Waals surface area contributed by atoms with Crippen molar-refractivity contribution in [2.75, 3.05) is 0 Å². The molecule has 0 heterocycles. The molecule has 0 saturated carbocycles. The van der Waals surface area contributed by atoms with Crippen molar-refractivity contribution in [3.8, 4) is 0 Å². The van der Waals surface area contributed by atoms with Crippen LogP contribution >= 0.6 is 0 Å². The Morgan fingerprint density at radius 1 is 0.324 bits per heavy atom. The standard InChI is InChI=1S/2C6H14.C6H13.C3H8.C3H7.12CH4.Y/c3*1-3-5-6-4-2;2*1-3-2;;;;;;;;;;;;;/h2*3-6H2,1-2H3;1,3-6H2,2H3;3H2,1-2H3;1,3H2,2H3;12*1H4;/q;;-1;;-1;;;;;;;;;;;;;. The van der Waals surface area contributed by atoms with Crippen LogP contribution in [-0.2, 0) is 32.7 Å². The third-order valence-electron chi connectivity index (χ3n) is 2.77. The minimum Gasteiger partial charge on any atom is -0.344 e. The summed E-state index contributed by atoms with van der Waals surface area (Å²) in [5.74, 6) is 0. The maximum atomic E-state index is 3.72. The zero-order valence-corrected chi connectivity index (χ0v) is 22.7. The molecule has 0 amide bonds. The zero-order chi connectivity index (χ0) is 19.9. The van der Waals surface area contributed by atoms with E-state index in [1.807, 2.05) is 6.92 Å². The van der Waals surface area contributed by atoms with Crippen molar-refractivity contribution in [3.05, 3.63) is 13.8 Å². The van der Waals surface area contributed by atoms with Crippen LogP contribution < -0.4 is 0 Å². The summed E-state index contributed by atoms with van der Waals surface area (Å²) in [6.07, 6.45) is 18.4. The summed E-state index contributed by atoms with van der Waals surface area (Å²) < 4.78 is 0. The fourth-order valence-electron chi connectivity index (χ4n) is 1.43.